The Balaban J connectivity index is 2.09. The standard InChI is InChI=1S/C22H26Cl2N2O2S/c1-3-20(22(28)25-4-2)26(13-16-8-6-5-7-9-16)21(27)15-29-14-17-10-11-18(23)12-19(17)24/h5-12,20H,3-4,13-15H2,1-2H3,(H,25,28)/t20-/m0/s1. The van der Waals surface area contributed by atoms with Gasteiger partial charge in [-0.05, 0) is 36.6 Å². The molecule has 2 aromatic rings. The summed E-state index contributed by atoms with van der Waals surface area (Å²) in [4.78, 5) is 27.3. The summed E-state index contributed by atoms with van der Waals surface area (Å²) in [6.07, 6.45) is 0.554. The number of halogens is 2. The molecule has 0 heterocycles. The number of hydrogen-bond acceptors (Lipinski definition) is 3. The Morgan fingerprint density at radius 1 is 1.10 bits per heavy atom. The van der Waals surface area contributed by atoms with Crippen LogP contribution in [-0.4, -0.2) is 35.1 Å². The van der Waals surface area contributed by atoms with Crippen molar-refractivity contribution in [2.45, 2.75) is 38.6 Å². The number of carbonyl (C=O) groups is 2. The Morgan fingerprint density at radius 3 is 2.45 bits per heavy atom. The normalized spacial score (nSPS) is 11.7. The van der Waals surface area contributed by atoms with Crippen molar-refractivity contribution in [1.82, 2.24) is 10.2 Å². The minimum atomic E-state index is -0.498. The molecule has 29 heavy (non-hydrogen) atoms. The van der Waals surface area contributed by atoms with E-state index in [9.17, 15) is 9.59 Å². The van der Waals surface area contributed by atoms with Crippen LogP contribution in [0.25, 0.3) is 0 Å². The van der Waals surface area contributed by atoms with Gasteiger partial charge in [-0.2, -0.15) is 0 Å². The van der Waals surface area contributed by atoms with Gasteiger partial charge < -0.3 is 10.2 Å². The summed E-state index contributed by atoms with van der Waals surface area (Å²) in [5, 5.41) is 4.02. The lowest BCUT2D eigenvalue weighted by atomic mass is 10.1. The van der Waals surface area contributed by atoms with Crippen molar-refractivity contribution in [3.8, 4) is 0 Å². The van der Waals surface area contributed by atoms with Gasteiger partial charge in [0.2, 0.25) is 11.8 Å². The average Bonchev–Trinajstić information content (AvgIpc) is 2.70. The molecule has 0 aromatic heterocycles. The number of amides is 2. The SMILES string of the molecule is CCNC(=O)[C@H](CC)N(Cc1ccccc1)C(=O)CSCc1ccc(Cl)cc1Cl. The summed E-state index contributed by atoms with van der Waals surface area (Å²) in [5.41, 5.74) is 1.92. The minimum absolute atomic E-state index is 0.0676. The second kappa shape index (κ2) is 12.1. The van der Waals surface area contributed by atoms with Gasteiger partial charge in [0.05, 0.1) is 5.75 Å². The molecule has 0 fully saturated rings. The third-order valence-corrected chi connectivity index (χ3v) is 5.98. The summed E-state index contributed by atoms with van der Waals surface area (Å²) >= 11 is 13.6. The highest BCUT2D eigenvalue weighted by Crippen LogP contribution is 2.25. The van der Waals surface area contributed by atoms with Crippen LogP contribution in [0.15, 0.2) is 48.5 Å². The highest BCUT2D eigenvalue weighted by Gasteiger charge is 2.28. The Labute approximate surface area is 187 Å². The average molecular weight is 453 g/mol. The number of carbonyl (C=O) groups excluding carboxylic acids is 2. The van der Waals surface area contributed by atoms with E-state index in [0.29, 0.717) is 35.3 Å². The number of hydrogen-bond donors (Lipinski definition) is 1. The van der Waals surface area contributed by atoms with Crippen molar-refractivity contribution in [3.05, 3.63) is 69.7 Å². The van der Waals surface area contributed by atoms with Crippen LogP contribution in [0.3, 0.4) is 0 Å². The highest BCUT2D eigenvalue weighted by atomic mass is 35.5. The summed E-state index contributed by atoms with van der Waals surface area (Å²) in [5.74, 6) is 0.674. The predicted octanol–water partition coefficient (Wildman–Crippen LogP) is 5.17. The van der Waals surface area contributed by atoms with E-state index in [1.165, 1.54) is 11.8 Å². The van der Waals surface area contributed by atoms with Gasteiger partial charge in [0, 0.05) is 28.9 Å². The van der Waals surface area contributed by atoms with E-state index in [1.54, 1.807) is 17.0 Å². The molecule has 0 spiro atoms. The maximum atomic E-state index is 13.1. The maximum Gasteiger partial charge on any atom is 0.242 e. The first-order chi connectivity index (χ1) is 14.0. The molecule has 0 aliphatic carbocycles. The van der Waals surface area contributed by atoms with Crippen LogP contribution in [0.5, 0.6) is 0 Å². The molecule has 7 heteroatoms. The lowest BCUT2D eigenvalue weighted by Gasteiger charge is -2.30. The molecule has 0 unspecified atom stereocenters. The number of nitrogens with zero attached hydrogens (tertiary/aromatic N) is 1. The van der Waals surface area contributed by atoms with Gasteiger partial charge in [0.15, 0.2) is 0 Å². The molecule has 0 radical (unpaired) electrons. The van der Waals surface area contributed by atoms with Crippen molar-refractivity contribution in [2.75, 3.05) is 12.3 Å². The van der Waals surface area contributed by atoms with Gasteiger partial charge in [-0.25, -0.2) is 0 Å². The van der Waals surface area contributed by atoms with E-state index in [4.69, 9.17) is 23.2 Å². The maximum absolute atomic E-state index is 13.1. The molecule has 2 amide bonds. The molecular weight excluding hydrogens is 427 g/mol. The van der Waals surface area contributed by atoms with E-state index in [0.717, 1.165) is 11.1 Å². The quantitative estimate of drug-likeness (QED) is 0.540. The number of nitrogens with one attached hydrogen (secondary N) is 1. The minimum Gasteiger partial charge on any atom is -0.355 e. The third-order valence-electron chi connectivity index (χ3n) is 4.43. The van der Waals surface area contributed by atoms with E-state index in [2.05, 4.69) is 5.32 Å². The summed E-state index contributed by atoms with van der Waals surface area (Å²) in [7, 11) is 0. The van der Waals surface area contributed by atoms with E-state index < -0.39 is 6.04 Å². The van der Waals surface area contributed by atoms with Crippen molar-refractivity contribution in [1.29, 1.82) is 0 Å². The summed E-state index contributed by atoms with van der Waals surface area (Å²) in [6, 6.07) is 14.6. The van der Waals surface area contributed by atoms with Crippen LogP contribution in [0.1, 0.15) is 31.4 Å². The fourth-order valence-corrected chi connectivity index (χ4v) is 4.43. The predicted molar refractivity (Wildman–Crippen MR) is 122 cm³/mol. The number of likely N-dealkylation sites (N-methyl/N-ethyl adjacent to an activating group) is 1. The first kappa shape index (κ1) is 23.6. The van der Waals surface area contributed by atoms with Crippen LogP contribution in [0.4, 0.5) is 0 Å². The fourth-order valence-electron chi connectivity index (χ4n) is 2.96. The molecule has 1 N–H and O–H groups in total. The molecule has 2 aromatic carbocycles. The van der Waals surface area contributed by atoms with Gasteiger partial charge in [0.1, 0.15) is 6.04 Å². The highest BCUT2D eigenvalue weighted by molar-refractivity contribution is 7.99. The Bertz CT molecular complexity index is 818. The topological polar surface area (TPSA) is 49.4 Å². The van der Waals surface area contributed by atoms with Crippen molar-refractivity contribution in [3.63, 3.8) is 0 Å². The zero-order chi connectivity index (χ0) is 21.2. The summed E-state index contributed by atoms with van der Waals surface area (Å²) < 4.78 is 0. The largest absolute Gasteiger partial charge is 0.355 e. The monoisotopic (exact) mass is 452 g/mol. The van der Waals surface area contributed by atoms with E-state index in [-0.39, 0.29) is 17.6 Å². The molecule has 1 atom stereocenters. The lowest BCUT2D eigenvalue weighted by Crippen LogP contribution is -2.49. The van der Waals surface area contributed by atoms with Crippen LogP contribution < -0.4 is 5.32 Å². The van der Waals surface area contributed by atoms with Crippen LogP contribution in [-0.2, 0) is 21.9 Å². The van der Waals surface area contributed by atoms with Crippen LogP contribution in [0, 0.1) is 0 Å². The first-order valence-corrected chi connectivity index (χ1v) is 11.5. The molecule has 0 saturated heterocycles. The van der Waals surface area contributed by atoms with Crippen LogP contribution in [0.2, 0.25) is 10.0 Å². The second-order valence-electron chi connectivity index (χ2n) is 6.55. The number of benzene rings is 2. The van der Waals surface area contributed by atoms with Gasteiger partial charge in [-0.3, -0.25) is 9.59 Å². The zero-order valence-corrected chi connectivity index (χ0v) is 19.0. The zero-order valence-electron chi connectivity index (χ0n) is 16.7. The Kier molecular flexibility index (Phi) is 9.85. The van der Waals surface area contributed by atoms with Crippen LogP contribution >= 0.6 is 35.0 Å². The fraction of sp³-hybridized carbons (Fsp3) is 0.364. The molecule has 2 rings (SSSR count). The van der Waals surface area contributed by atoms with E-state index in [1.807, 2.05) is 50.2 Å². The number of thioether (sulfide) groups is 1. The first-order valence-electron chi connectivity index (χ1n) is 9.59. The van der Waals surface area contributed by atoms with Crippen molar-refractivity contribution in [2.24, 2.45) is 0 Å². The molecule has 0 saturated carbocycles. The third kappa shape index (κ3) is 7.25. The van der Waals surface area contributed by atoms with Gasteiger partial charge in [0.25, 0.3) is 0 Å². The molecule has 156 valence electrons. The van der Waals surface area contributed by atoms with Crippen molar-refractivity contribution < 1.29 is 9.59 Å². The molecule has 4 nitrogen and oxygen atoms in total. The van der Waals surface area contributed by atoms with Gasteiger partial charge in [-0.15, -0.1) is 11.8 Å². The smallest absolute Gasteiger partial charge is 0.242 e. The lowest BCUT2D eigenvalue weighted by molar-refractivity contribution is -0.139. The van der Waals surface area contributed by atoms with Gasteiger partial charge >= 0.3 is 0 Å². The molecule has 0 bridgehead atoms. The Hall–Kier alpha value is -1.69. The number of rotatable bonds is 10. The molecular formula is C22H26Cl2N2O2S. The van der Waals surface area contributed by atoms with E-state index >= 15 is 0 Å². The summed E-state index contributed by atoms with van der Waals surface area (Å²) in [6.45, 7) is 4.73. The van der Waals surface area contributed by atoms with Crippen molar-refractivity contribution >= 4 is 46.8 Å². The molecule has 0 aliphatic rings. The van der Waals surface area contributed by atoms with Gasteiger partial charge in [-0.1, -0.05) is 66.5 Å². The second-order valence-corrected chi connectivity index (χ2v) is 8.38. The Morgan fingerprint density at radius 2 is 1.83 bits per heavy atom. The molecule has 0 aliphatic heterocycles.